The van der Waals surface area contributed by atoms with E-state index in [0.29, 0.717) is 30.1 Å². The van der Waals surface area contributed by atoms with Gasteiger partial charge in [-0.1, -0.05) is 24.3 Å². The Morgan fingerprint density at radius 3 is 2.84 bits per heavy atom. The standard InChI is InChI=1S/C24H25FN4O2S/c1-29(24(30)31-19-6-3-2-4-7-19)12-11-17-10-9-16-14-18(15-20(25)22(16)27-17)28-23(26)21-8-5-13-32-21/h2-8,13-15,17,27H,9-12H2,1H3,(H2,26,28). The topological polar surface area (TPSA) is 77.5 Å². The summed E-state index contributed by atoms with van der Waals surface area (Å²) < 4.78 is 20.2. The van der Waals surface area contributed by atoms with Crippen LogP contribution in [0.15, 0.2) is 60.0 Å². The monoisotopic (exact) mass is 452 g/mol. The average molecular weight is 453 g/mol. The fraction of sp³-hybridized carbons (Fsp3) is 0.250. The van der Waals surface area contributed by atoms with Gasteiger partial charge < -0.3 is 20.3 Å². The summed E-state index contributed by atoms with van der Waals surface area (Å²) in [5, 5.41) is 16.3. The van der Waals surface area contributed by atoms with Crippen LogP contribution < -0.4 is 15.4 Å². The Morgan fingerprint density at radius 1 is 1.28 bits per heavy atom. The number of rotatable bonds is 6. The van der Waals surface area contributed by atoms with Crippen molar-refractivity contribution in [3.63, 3.8) is 0 Å². The number of aryl methyl sites for hydroxylation is 1. The number of hydrogen-bond donors (Lipinski definition) is 3. The van der Waals surface area contributed by atoms with Gasteiger partial charge in [-0.05, 0) is 60.5 Å². The van der Waals surface area contributed by atoms with Crippen LogP contribution in [0.2, 0.25) is 0 Å². The number of halogens is 1. The second kappa shape index (κ2) is 9.82. The molecule has 32 heavy (non-hydrogen) atoms. The molecule has 1 atom stereocenters. The molecule has 1 aliphatic rings. The first-order valence-corrected chi connectivity index (χ1v) is 11.3. The van der Waals surface area contributed by atoms with Crippen LogP contribution in [0.5, 0.6) is 5.75 Å². The number of carbonyl (C=O) groups is 1. The number of ether oxygens (including phenoxy) is 1. The van der Waals surface area contributed by atoms with Gasteiger partial charge in [-0.3, -0.25) is 5.41 Å². The summed E-state index contributed by atoms with van der Waals surface area (Å²) in [6.45, 7) is 0.498. The molecule has 3 N–H and O–H groups in total. The van der Waals surface area contributed by atoms with Crippen LogP contribution in [-0.4, -0.2) is 36.5 Å². The van der Waals surface area contributed by atoms with Crippen LogP contribution in [0.1, 0.15) is 23.3 Å². The lowest BCUT2D eigenvalue weighted by atomic mass is 9.95. The Balaban J connectivity index is 1.32. The number of benzene rings is 2. The normalized spacial score (nSPS) is 14.8. The highest BCUT2D eigenvalue weighted by atomic mass is 32.1. The molecule has 4 rings (SSSR count). The average Bonchev–Trinajstić information content (AvgIpc) is 3.33. The maximum absolute atomic E-state index is 14.8. The summed E-state index contributed by atoms with van der Waals surface area (Å²) in [5.74, 6) is 0.421. The van der Waals surface area contributed by atoms with Gasteiger partial charge in [0.1, 0.15) is 17.4 Å². The second-order valence-electron chi connectivity index (χ2n) is 7.74. The molecule has 0 saturated heterocycles. The van der Waals surface area contributed by atoms with E-state index in [-0.39, 0.29) is 17.7 Å². The minimum atomic E-state index is -0.414. The van der Waals surface area contributed by atoms with Crippen molar-refractivity contribution in [1.82, 2.24) is 4.90 Å². The van der Waals surface area contributed by atoms with Gasteiger partial charge >= 0.3 is 6.09 Å². The SMILES string of the molecule is CN(CCC1CCc2cc(NC(=N)c3cccs3)cc(F)c2N1)C(=O)Oc1ccccc1. The Morgan fingerprint density at radius 2 is 2.09 bits per heavy atom. The highest BCUT2D eigenvalue weighted by Crippen LogP contribution is 2.32. The minimum absolute atomic E-state index is 0.0622. The van der Waals surface area contributed by atoms with E-state index in [1.165, 1.54) is 22.3 Å². The van der Waals surface area contributed by atoms with E-state index in [1.54, 1.807) is 19.2 Å². The predicted octanol–water partition coefficient (Wildman–Crippen LogP) is 5.57. The first kappa shape index (κ1) is 21.8. The Hall–Kier alpha value is -3.39. The Bertz CT molecular complexity index is 1090. The molecule has 1 unspecified atom stereocenters. The van der Waals surface area contributed by atoms with E-state index in [1.807, 2.05) is 41.8 Å². The van der Waals surface area contributed by atoms with Gasteiger partial charge in [0.05, 0.1) is 10.6 Å². The van der Waals surface area contributed by atoms with Crippen LogP contribution in [0.25, 0.3) is 0 Å². The van der Waals surface area contributed by atoms with Crippen molar-refractivity contribution < 1.29 is 13.9 Å². The zero-order chi connectivity index (χ0) is 22.5. The number of fused-ring (bicyclic) bond motifs is 1. The van der Waals surface area contributed by atoms with Crippen LogP contribution >= 0.6 is 11.3 Å². The van der Waals surface area contributed by atoms with Crippen LogP contribution in [0.4, 0.5) is 20.6 Å². The molecule has 1 amide bonds. The molecule has 3 aromatic rings. The quantitative estimate of drug-likeness (QED) is 0.337. The van der Waals surface area contributed by atoms with E-state index in [4.69, 9.17) is 10.1 Å². The molecule has 0 spiro atoms. The summed E-state index contributed by atoms with van der Waals surface area (Å²) in [5.41, 5.74) is 1.96. The molecule has 1 aromatic heterocycles. The molecule has 166 valence electrons. The third-order valence-electron chi connectivity index (χ3n) is 5.39. The van der Waals surface area contributed by atoms with Crippen molar-refractivity contribution in [3.8, 4) is 5.75 Å². The molecule has 2 aromatic carbocycles. The second-order valence-corrected chi connectivity index (χ2v) is 8.69. The van der Waals surface area contributed by atoms with Gasteiger partial charge in [0.15, 0.2) is 0 Å². The molecule has 8 heteroatoms. The summed E-state index contributed by atoms with van der Waals surface area (Å²) in [6.07, 6.45) is 1.83. The van der Waals surface area contributed by atoms with E-state index in [0.717, 1.165) is 23.3 Å². The van der Waals surface area contributed by atoms with E-state index in [2.05, 4.69) is 10.6 Å². The lowest BCUT2D eigenvalue weighted by Crippen LogP contribution is -2.35. The van der Waals surface area contributed by atoms with Crippen LogP contribution in [0, 0.1) is 11.2 Å². The highest BCUT2D eigenvalue weighted by Gasteiger charge is 2.23. The smallest absolute Gasteiger partial charge is 0.410 e. The maximum atomic E-state index is 14.8. The Kier molecular flexibility index (Phi) is 6.70. The number of amidine groups is 1. The summed E-state index contributed by atoms with van der Waals surface area (Å²) in [4.78, 5) is 14.6. The number of amides is 1. The number of anilines is 2. The van der Waals surface area contributed by atoms with E-state index >= 15 is 0 Å². The summed E-state index contributed by atoms with van der Waals surface area (Å²) >= 11 is 1.46. The molecule has 2 heterocycles. The van der Waals surface area contributed by atoms with E-state index in [9.17, 15) is 9.18 Å². The zero-order valence-corrected chi connectivity index (χ0v) is 18.5. The molecule has 1 aliphatic heterocycles. The number of para-hydroxylation sites is 1. The first-order chi connectivity index (χ1) is 15.5. The summed E-state index contributed by atoms with van der Waals surface area (Å²) in [7, 11) is 1.70. The fourth-order valence-electron chi connectivity index (χ4n) is 3.65. The molecule has 0 saturated carbocycles. The molecule has 0 aliphatic carbocycles. The zero-order valence-electron chi connectivity index (χ0n) is 17.7. The van der Waals surface area contributed by atoms with Crippen molar-refractivity contribution in [2.45, 2.75) is 25.3 Å². The molecule has 0 radical (unpaired) electrons. The fourth-order valence-corrected chi connectivity index (χ4v) is 4.28. The van der Waals surface area contributed by atoms with Gasteiger partial charge in [0, 0.05) is 25.3 Å². The molecule has 6 nitrogen and oxygen atoms in total. The van der Waals surface area contributed by atoms with Gasteiger partial charge in [-0.15, -0.1) is 11.3 Å². The molecular formula is C24H25FN4O2S. The van der Waals surface area contributed by atoms with Gasteiger partial charge in [0.25, 0.3) is 0 Å². The predicted molar refractivity (Wildman–Crippen MR) is 127 cm³/mol. The van der Waals surface area contributed by atoms with Crippen LogP contribution in [0.3, 0.4) is 0 Å². The van der Waals surface area contributed by atoms with Gasteiger partial charge in [-0.25, -0.2) is 9.18 Å². The molecular weight excluding hydrogens is 427 g/mol. The van der Waals surface area contributed by atoms with Crippen molar-refractivity contribution in [1.29, 1.82) is 5.41 Å². The molecule has 0 bridgehead atoms. The van der Waals surface area contributed by atoms with Gasteiger partial charge in [-0.2, -0.15) is 0 Å². The third-order valence-corrected chi connectivity index (χ3v) is 6.28. The van der Waals surface area contributed by atoms with Crippen LogP contribution in [-0.2, 0) is 6.42 Å². The first-order valence-electron chi connectivity index (χ1n) is 10.5. The van der Waals surface area contributed by atoms with Crippen molar-refractivity contribution in [3.05, 3.63) is 76.2 Å². The van der Waals surface area contributed by atoms with E-state index < -0.39 is 6.09 Å². The Labute approximate surface area is 190 Å². The van der Waals surface area contributed by atoms with Crippen molar-refractivity contribution in [2.75, 3.05) is 24.2 Å². The lowest BCUT2D eigenvalue weighted by molar-refractivity contribution is 0.161. The van der Waals surface area contributed by atoms with Crippen molar-refractivity contribution >= 4 is 34.6 Å². The number of carbonyl (C=O) groups excluding carboxylic acids is 1. The summed E-state index contributed by atoms with van der Waals surface area (Å²) in [6, 6.07) is 16.1. The number of nitrogens with zero attached hydrogens (tertiary/aromatic N) is 1. The maximum Gasteiger partial charge on any atom is 0.414 e. The lowest BCUT2D eigenvalue weighted by Gasteiger charge is -2.29. The number of hydrogen-bond acceptors (Lipinski definition) is 5. The largest absolute Gasteiger partial charge is 0.414 e. The van der Waals surface area contributed by atoms with Crippen molar-refractivity contribution in [2.24, 2.45) is 0 Å². The minimum Gasteiger partial charge on any atom is -0.410 e. The van der Waals surface area contributed by atoms with Gasteiger partial charge in [0.2, 0.25) is 0 Å². The third kappa shape index (κ3) is 5.26. The highest BCUT2D eigenvalue weighted by molar-refractivity contribution is 7.12. The number of thiophene rings is 1. The number of nitrogens with one attached hydrogen (secondary N) is 3. The molecule has 0 fully saturated rings.